The topological polar surface area (TPSA) is 0 Å². The molecule has 1 aromatic rings. The number of benzene rings is 1. The Morgan fingerprint density at radius 3 is 2.38 bits per heavy atom. The van der Waals surface area contributed by atoms with Crippen LogP contribution in [0.15, 0.2) is 12.1 Å². The Morgan fingerprint density at radius 1 is 1.15 bits per heavy atom. The average molecular weight is 276 g/mol. The zero-order chi connectivity index (χ0) is 9.80. The molecule has 1 aliphatic carbocycles. The summed E-state index contributed by atoms with van der Waals surface area (Å²) in [5, 5.41) is 0.413. The summed E-state index contributed by atoms with van der Waals surface area (Å²) >= 11 is 29.6. The van der Waals surface area contributed by atoms with E-state index in [2.05, 4.69) is 0 Å². The fourth-order valence-corrected chi connectivity index (χ4v) is 2.87. The van der Waals surface area contributed by atoms with Crippen LogP contribution in [0.2, 0.25) is 10.0 Å². The highest BCUT2D eigenvalue weighted by Crippen LogP contribution is 2.62. The van der Waals surface area contributed by atoms with Gasteiger partial charge in [0.1, 0.15) is 0 Å². The van der Waals surface area contributed by atoms with Gasteiger partial charge in [-0.1, -0.05) is 52.5 Å². The number of hydrogen-bond acceptors (Lipinski definition) is 0. The van der Waals surface area contributed by atoms with Crippen LogP contribution in [0.5, 0.6) is 0 Å². The molecule has 1 aliphatic rings. The van der Waals surface area contributed by atoms with Gasteiger partial charge in [-0.15, -0.1) is 11.6 Å². The number of alkyl halides is 3. The minimum atomic E-state index is -1.11. The first kappa shape index (κ1) is 10.2. The summed E-state index contributed by atoms with van der Waals surface area (Å²) in [5.41, 5.74) is 1.48. The van der Waals surface area contributed by atoms with Crippen LogP contribution in [-0.4, -0.2) is 0 Å². The Kier molecular flexibility index (Phi) is 2.42. The van der Waals surface area contributed by atoms with E-state index in [4.69, 9.17) is 58.0 Å². The van der Waals surface area contributed by atoms with Gasteiger partial charge in [-0.25, -0.2) is 0 Å². The van der Waals surface area contributed by atoms with Gasteiger partial charge in [0.05, 0.1) is 15.4 Å². The Morgan fingerprint density at radius 2 is 1.77 bits per heavy atom. The van der Waals surface area contributed by atoms with Crippen molar-refractivity contribution in [2.24, 2.45) is 0 Å². The van der Waals surface area contributed by atoms with Crippen LogP contribution in [0.4, 0.5) is 0 Å². The molecule has 0 bridgehead atoms. The Bertz CT molecular complexity index is 371. The normalized spacial score (nSPS) is 23.6. The zero-order valence-electron chi connectivity index (χ0n) is 6.12. The second kappa shape index (κ2) is 3.08. The third kappa shape index (κ3) is 1.27. The van der Waals surface area contributed by atoms with Crippen molar-refractivity contribution in [3.63, 3.8) is 0 Å². The van der Waals surface area contributed by atoms with Crippen LogP contribution in [0.25, 0.3) is 0 Å². The van der Waals surface area contributed by atoms with Crippen LogP contribution in [0, 0.1) is 0 Å². The van der Waals surface area contributed by atoms with E-state index >= 15 is 0 Å². The molecule has 0 saturated heterocycles. The summed E-state index contributed by atoms with van der Waals surface area (Å²) in [6.45, 7) is 0. The Labute approximate surface area is 101 Å². The van der Waals surface area contributed by atoms with Gasteiger partial charge in [0.2, 0.25) is 0 Å². The van der Waals surface area contributed by atoms with E-state index < -0.39 is 9.71 Å². The first-order valence-corrected chi connectivity index (χ1v) is 5.41. The van der Waals surface area contributed by atoms with Crippen molar-refractivity contribution >= 4 is 58.0 Å². The number of fused-ring (bicyclic) bond motifs is 1. The SMILES string of the molecule is Clc1ccc2c(c1Cl)C(Cl)(Cl)C2Cl. The third-order valence-corrected chi connectivity index (χ3v) is 4.46. The van der Waals surface area contributed by atoms with Gasteiger partial charge < -0.3 is 0 Å². The Hall–Kier alpha value is 0.670. The molecule has 0 heterocycles. The lowest BCUT2D eigenvalue weighted by molar-refractivity contribution is 0.699. The molecule has 0 spiro atoms. The lowest BCUT2D eigenvalue weighted by atomic mass is 9.87. The van der Waals surface area contributed by atoms with Crippen molar-refractivity contribution in [2.45, 2.75) is 9.71 Å². The van der Waals surface area contributed by atoms with Crippen molar-refractivity contribution < 1.29 is 0 Å². The highest BCUT2D eigenvalue weighted by Gasteiger charge is 2.50. The van der Waals surface area contributed by atoms with Crippen LogP contribution in [0.3, 0.4) is 0 Å². The smallest absolute Gasteiger partial charge is 0.114 e. The number of hydrogen-bond donors (Lipinski definition) is 0. The first-order chi connectivity index (χ1) is 5.96. The molecule has 13 heavy (non-hydrogen) atoms. The molecule has 0 fully saturated rings. The van der Waals surface area contributed by atoms with Crippen molar-refractivity contribution in [3.8, 4) is 0 Å². The number of halogens is 5. The van der Waals surface area contributed by atoms with Crippen LogP contribution in [-0.2, 0) is 4.33 Å². The van der Waals surface area contributed by atoms with E-state index in [9.17, 15) is 0 Å². The molecule has 0 nitrogen and oxygen atoms in total. The van der Waals surface area contributed by atoms with E-state index in [-0.39, 0.29) is 0 Å². The van der Waals surface area contributed by atoms with Gasteiger partial charge in [-0.05, 0) is 11.6 Å². The molecule has 2 rings (SSSR count). The predicted molar refractivity (Wildman–Crippen MR) is 58.4 cm³/mol. The Balaban J connectivity index is 2.67. The molecule has 0 amide bonds. The van der Waals surface area contributed by atoms with Gasteiger partial charge in [0.15, 0.2) is 4.33 Å². The van der Waals surface area contributed by atoms with Crippen molar-refractivity contribution in [1.29, 1.82) is 0 Å². The molecule has 1 aromatic carbocycles. The van der Waals surface area contributed by atoms with Crippen molar-refractivity contribution in [2.75, 3.05) is 0 Å². The fraction of sp³-hybridized carbons (Fsp3) is 0.250. The average Bonchev–Trinajstić information content (AvgIpc) is 2.08. The van der Waals surface area contributed by atoms with E-state index in [1.54, 1.807) is 12.1 Å². The molecular weight excluding hydrogens is 273 g/mol. The van der Waals surface area contributed by atoms with Gasteiger partial charge in [-0.3, -0.25) is 0 Å². The summed E-state index contributed by atoms with van der Waals surface area (Å²) < 4.78 is -1.11. The molecule has 0 radical (unpaired) electrons. The van der Waals surface area contributed by atoms with Crippen LogP contribution in [0.1, 0.15) is 16.5 Å². The highest BCUT2D eigenvalue weighted by atomic mass is 35.5. The van der Waals surface area contributed by atoms with Crippen molar-refractivity contribution in [3.05, 3.63) is 33.3 Å². The predicted octanol–water partition coefficient (Wildman–Crippen LogP) is 4.92. The summed E-state index contributed by atoms with van der Waals surface area (Å²) in [6, 6.07) is 3.46. The number of rotatable bonds is 0. The highest BCUT2D eigenvalue weighted by molar-refractivity contribution is 6.55. The standard InChI is InChI=1S/C8H3Cl5/c9-4-2-1-3-5(6(4)10)8(12,13)7(3)11/h1-2,7H. The second-order valence-electron chi connectivity index (χ2n) is 2.81. The third-order valence-electron chi connectivity index (χ3n) is 2.05. The first-order valence-electron chi connectivity index (χ1n) is 3.46. The van der Waals surface area contributed by atoms with E-state index in [1.165, 1.54) is 0 Å². The fourth-order valence-electron chi connectivity index (χ4n) is 1.36. The van der Waals surface area contributed by atoms with Crippen LogP contribution >= 0.6 is 58.0 Å². The zero-order valence-corrected chi connectivity index (χ0v) is 9.90. The minimum Gasteiger partial charge on any atom is -0.114 e. The summed E-state index contributed by atoms with van der Waals surface area (Å²) in [4.78, 5) is 0. The molecule has 0 aromatic heterocycles. The van der Waals surface area contributed by atoms with Gasteiger partial charge in [0.25, 0.3) is 0 Å². The van der Waals surface area contributed by atoms with Crippen LogP contribution < -0.4 is 0 Å². The maximum absolute atomic E-state index is 5.95. The molecule has 0 aliphatic heterocycles. The van der Waals surface area contributed by atoms with E-state index in [0.29, 0.717) is 15.6 Å². The molecule has 5 heteroatoms. The molecular formula is C8H3Cl5. The summed E-state index contributed by atoms with van der Waals surface area (Å²) in [7, 11) is 0. The van der Waals surface area contributed by atoms with E-state index in [1.807, 2.05) is 0 Å². The second-order valence-corrected chi connectivity index (χ2v) is 5.42. The molecule has 70 valence electrons. The van der Waals surface area contributed by atoms with E-state index in [0.717, 1.165) is 5.56 Å². The molecule has 1 unspecified atom stereocenters. The van der Waals surface area contributed by atoms with Crippen molar-refractivity contribution in [1.82, 2.24) is 0 Å². The lowest BCUT2D eigenvalue weighted by Crippen LogP contribution is -2.30. The minimum absolute atomic E-state index is 0.390. The largest absolute Gasteiger partial charge is 0.165 e. The van der Waals surface area contributed by atoms with Gasteiger partial charge in [0, 0.05) is 5.56 Å². The summed E-state index contributed by atoms with van der Waals surface area (Å²) in [5.74, 6) is 0. The maximum Gasteiger partial charge on any atom is 0.165 e. The molecule has 0 saturated carbocycles. The molecule has 1 atom stereocenters. The van der Waals surface area contributed by atoms with Gasteiger partial charge >= 0.3 is 0 Å². The lowest BCUT2D eigenvalue weighted by Gasteiger charge is -2.39. The quantitative estimate of drug-likeness (QED) is 0.590. The van der Waals surface area contributed by atoms with Gasteiger partial charge in [-0.2, -0.15) is 0 Å². The molecule has 0 N–H and O–H groups in total. The monoisotopic (exact) mass is 274 g/mol. The summed E-state index contributed by atoms with van der Waals surface area (Å²) in [6.07, 6.45) is 0. The maximum atomic E-state index is 5.95.